The number of hydroxylamine groups is 2. The van der Waals surface area contributed by atoms with E-state index in [1.807, 2.05) is 12.1 Å². The van der Waals surface area contributed by atoms with Crippen LogP contribution in [0.25, 0.3) is 11.0 Å². The Labute approximate surface area is 101 Å². The van der Waals surface area contributed by atoms with Crippen molar-refractivity contribution in [1.29, 1.82) is 0 Å². The Morgan fingerprint density at radius 3 is 2.17 bits per heavy atom. The van der Waals surface area contributed by atoms with Crippen molar-refractivity contribution in [1.82, 2.24) is 20.2 Å². The monoisotopic (exact) mass is 250 g/mol. The molecule has 1 fully saturated rings. The van der Waals surface area contributed by atoms with Gasteiger partial charge in [-0.1, -0.05) is 17.0 Å². The van der Waals surface area contributed by atoms with Crippen LogP contribution in [0.2, 0.25) is 0 Å². The number of benzene rings is 1. The van der Waals surface area contributed by atoms with E-state index in [-0.39, 0.29) is 17.9 Å². The number of aromatic nitrogens is 3. The van der Waals surface area contributed by atoms with Gasteiger partial charge in [-0.2, -0.15) is 5.06 Å². The van der Waals surface area contributed by atoms with Gasteiger partial charge in [0.1, 0.15) is 11.0 Å². The minimum absolute atomic E-state index is 0.148. The highest BCUT2D eigenvalue weighted by Gasteiger charge is 2.26. The Kier molecular flexibility index (Phi) is 3.20. The average Bonchev–Trinajstić information content (AvgIpc) is 2.90. The maximum atomic E-state index is 10.2. The van der Waals surface area contributed by atoms with Crippen LogP contribution in [0.15, 0.2) is 24.3 Å². The van der Waals surface area contributed by atoms with Crippen molar-refractivity contribution in [3.8, 4) is 0 Å². The predicted octanol–water partition coefficient (Wildman–Crippen LogP) is 0.193. The van der Waals surface area contributed by atoms with E-state index in [9.17, 15) is 9.59 Å². The van der Waals surface area contributed by atoms with Crippen LogP contribution < -0.4 is 0 Å². The van der Waals surface area contributed by atoms with Gasteiger partial charge in [-0.05, 0) is 17.3 Å². The fourth-order valence-corrected chi connectivity index (χ4v) is 1.42. The van der Waals surface area contributed by atoms with Gasteiger partial charge in [-0.15, -0.1) is 5.10 Å². The molecule has 2 aromatic rings. The van der Waals surface area contributed by atoms with Crippen molar-refractivity contribution < 1.29 is 20.0 Å². The van der Waals surface area contributed by atoms with Crippen molar-refractivity contribution in [3.63, 3.8) is 0 Å². The van der Waals surface area contributed by atoms with Crippen molar-refractivity contribution >= 4 is 22.8 Å². The number of imide groups is 1. The molecule has 1 saturated heterocycles. The fourth-order valence-electron chi connectivity index (χ4n) is 1.42. The molecule has 1 aromatic heterocycles. The minimum atomic E-state index is -0.505. The molecule has 18 heavy (non-hydrogen) atoms. The summed E-state index contributed by atoms with van der Waals surface area (Å²) in [6, 6.07) is 7.19. The lowest BCUT2D eigenvalue weighted by Crippen LogP contribution is -2.24. The van der Waals surface area contributed by atoms with Gasteiger partial charge in [-0.3, -0.25) is 14.8 Å². The number of nitrogens with zero attached hydrogens (tertiary/aromatic N) is 4. The second-order valence-electron chi connectivity index (χ2n) is 3.57. The topological polar surface area (TPSA) is 109 Å². The highest BCUT2D eigenvalue weighted by Crippen LogP contribution is 2.07. The summed E-state index contributed by atoms with van der Waals surface area (Å²) in [4.78, 5) is 21.2. The van der Waals surface area contributed by atoms with Gasteiger partial charge < -0.3 is 5.21 Å². The molecule has 1 aliphatic rings. The van der Waals surface area contributed by atoms with E-state index in [0.29, 0.717) is 11.0 Å². The number of carbonyl (C=O) groups excluding carboxylic acids is 2. The summed E-state index contributed by atoms with van der Waals surface area (Å²) in [6.45, 7) is 0. The molecule has 0 aliphatic carbocycles. The fraction of sp³-hybridized carbons (Fsp3) is 0.200. The Morgan fingerprint density at radius 2 is 1.67 bits per heavy atom. The van der Waals surface area contributed by atoms with Crippen LogP contribution >= 0.6 is 0 Å². The number of amides is 2. The normalized spacial score (nSPS) is 14.8. The molecule has 8 heteroatoms. The first kappa shape index (κ1) is 12.0. The standard InChI is InChI=1S/C6H5N3O.C4H5NO3/c10-9-6-4-2-1-3-5(6)7-8-9;6-3-1-2-4(7)5(3)8/h1-4,10H;8H,1-2H2. The van der Waals surface area contributed by atoms with Crippen LogP contribution in [0.3, 0.4) is 0 Å². The van der Waals surface area contributed by atoms with Gasteiger partial charge in [0, 0.05) is 12.8 Å². The third-order valence-corrected chi connectivity index (χ3v) is 2.36. The molecule has 0 spiro atoms. The SMILES string of the molecule is O=C1CCC(=O)N1O.On1nnc2ccccc21. The van der Waals surface area contributed by atoms with Crippen LogP contribution in [-0.2, 0) is 9.59 Å². The Hall–Kier alpha value is -2.48. The number of hydrogen-bond donors (Lipinski definition) is 2. The first-order valence-electron chi connectivity index (χ1n) is 5.14. The second-order valence-corrected chi connectivity index (χ2v) is 3.57. The molecule has 0 bridgehead atoms. The van der Waals surface area contributed by atoms with E-state index >= 15 is 0 Å². The second kappa shape index (κ2) is 4.80. The number of para-hydroxylation sites is 1. The molecule has 1 aromatic carbocycles. The molecule has 2 heterocycles. The van der Waals surface area contributed by atoms with Crippen LogP contribution in [0, 0.1) is 0 Å². The molecule has 2 N–H and O–H groups in total. The molecule has 1 aliphatic heterocycles. The van der Waals surface area contributed by atoms with E-state index in [1.54, 1.807) is 12.1 Å². The van der Waals surface area contributed by atoms with E-state index in [4.69, 9.17) is 10.4 Å². The largest absolute Gasteiger partial charge is 0.410 e. The van der Waals surface area contributed by atoms with Crippen molar-refractivity contribution in [2.45, 2.75) is 12.8 Å². The van der Waals surface area contributed by atoms with E-state index < -0.39 is 11.8 Å². The highest BCUT2D eigenvalue weighted by molar-refractivity contribution is 6.00. The van der Waals surface area contributed by atoms with E-state index in [1.165, 1.54) is 0 Å². The summed E-state index contributed by atoms with van der Waals surface area (Å²) >= 11 is 0. The predicted molar refractivity (Wildman–Crippen MR) is 57.6 cm³/mol. The van der Waals surface area contributed by atoms with Gasteiger partial charge in [0.05, 0.1) is 0 Å². The highest BCUT2D eigenvalue weighted by atomic mass is 16.5. The minimum Gasteiger partial charge on any atom is -0.410 e. The lowest BCUT2D eigenvalue weighted by molar-refractivity contribution is -0.171. The van der Waals surface area contributed by atoms with Crippen LogP contribution in [0.1, 0.15) is 12.8 Å². The Balaban J connectivity index is 0.000000138. The van der Waals surface area contributed by atoms with Gasteiger partial charge in [-0.25, -0.2) is 0 Å². The summed E-state index contributed by atoms with van der Waals surface area (Å²) in [5.41, 5.74) is 1.33. The Bertz CT molecular complexity index is 578. The van der Waals surface area contributed by atoms with Gasteiger partial charge in [0.15, 0.2) is 0 Å². The van der Waals surface area contributed by atoms with Crippen molar-refractivity contribution in [2.75, 3.05) is 0 Å². The molecule has 0 unspecified atom stereocenters. The molecular weight excluding hydrogens is 240 g/mol. The van der Waals surface area contributed by atoms with Crippen LogP contribution in [0.5, 0.6) is 0 Å². The van der Waals surface area contributed by atoms with Crippen LogP contribution in [0.4, 0.5) is 0 Å². The quantitative estimate of drug-likeness (QED) is 0.392. The summed E-state index contributed by atoms with van der Waals surface area (Å²) < 4.78 is 0. The third kappa shape index (κ3) is 2.28. The van der Waals surface area contributed by atoms with Gasteiger partial charge in [0.2, 0.25) is 0 Å². The zero-order chi connectivity index (χ0) is 13.1. The summed E-state index contributed by atoms with van der Waals surface area (Å²) in [5.74, 6) is -1.01. The van der Waals surface area contributed by atoms with Crippen LogP contribution in [-0.4, -0.2) is 42.4 Å². The molecular formula is C10H10N4O4. The summed E-state index contributed by atoms with van der Waals surface area (Å²) in [6.07, 6.45) is 0.296. The summed E-state index contributed by atoms with van der Waals surface area (Å²) in [7, 11) is 0. The zero-order valence-corrected chi connectivity index (χ0v) is 9.22. The number of rotatable bonds is 0. The number of fused-ring (bicyclic) bond motifs is 1. The lowest BCUT2D eigenvalue weighted by atomic mass is 10.3. The molecule has 2 amide bonds. The third-order valence-electron chi connectivity index (χ3n) is 2.36. The summed E-state index contributed by atoms with van der Waals surface area (Å²) in [5, 5.41) is 24.6. The molecule has 0 radical (unpaired) electrons. The van der Waals surface area contributed by atoms with E-state index in [2.05, 4.69) is 10.3 Å². The lowest BCUT2D eigenvalue weighted by Gasteiger charge is -1.98. The average molecular weight is 250 g/mol. The maximum absolute atomic E-state index is 10.2. The maximum Gasteiger partial charge on any atom is 0.253 e. The van der Waals surface area contributed by atoms with Gasteiger partial charge in [0.25, 0.3) is 11.8 Å². The smallest absolute Gasteiger partial charge is 0.253 e. The van der Waals surface area contributed by atoms with Crippen molar-refractivity contribution in [3.05, 3.63) is 24.3 Å². The molecule has 3 rings (SSSR count). The zero-order valence-electron chi connectivity index (χ0n) is 9.22. The number of carbonyl (C=O) groups is 2. The Morgan fingerprint density at radius 1 is 1.06 bits per heavy atom. The van der Waals surface area contributed by atoms with Crippen molar-refractivity contribution in [2.24, 2.45) is 0 Å². The molecule has 8 nitrogen and oxygen atoms in total. The first-order chi connectivity index (χ1) is 8.59. The molecule has 0 atom stereocenters. The number of hydrogen-bond acceptors (Lipinski definition) is 6. The van der Waals surface area contributed by atoms with Gasteiger partial charge >= 0.3 is 0 Å². The van der Waals surface area contributed by atoms with E-state index in [0.717, 1.165) is 4.85 Å². The molecule has 0 saturated carbocycles. The molecule has 94 valence electrons. The first-order valence-corrected chi connectivity index (χ1v) is 5.14.